The molecule has 4 aromatic rings. The lowest BCUT2D eigenvalue weighted by Crippen LogP contribution is -2.48. The number of nitrogen functional groups attached to an aromatic ring is 1. The highest BCUT2D eigenvalue weighted by atomic mass is 28.4. The molecule has 1 aromatic carbocycles. The van der Waals surface area contributed by atoms with E-state index in [-0.39, 0.29) is 0 Å². The van der Waals surface area contributed by atoms with Crippen LogP contribution in [-0.4, -0.2) is 44.1 Å². The van der Waals surface area contributed by atoms with Gasteiger partial charge in [-0.05, 0) is 53.4 Å². The predicted molar refractivity (Wildman–Crippen MR) is 185 cm³/mol. The molecule has 4 rings (SSSR count). The van der Waals surface area contributed by atoms with Crippen LogP contribution in [0, 0.1) is 0 Å². The number of aryl methyl sites for hydroxylation is 1. The molecule has 7 nitrogen and oxygen atoms in total. The highest BCUT2D eigenvalue weighted by molar-refractivity contribution is 6.77. The first-order valence-electron chi connectivity index (χ1n) is 15.8. The fraction of sp³-hybridized carbons (Fsp3) is 0.529. The molecule has 3 heterocycles. The van der Waals surface area contributed by atoms with E-state index in [4.69, 9.17) is 24.3 Å². The Hall–Kier alpha value is -2.73. The second-order valence-electron chi connectivity index (χ2n) is 13.9. The van der Waals surface area contributed by atoms with Crippen LogP contribution in [0.2, 0.25) is 42.3 Å². The summed E-state index contributed by atoms with van der Waals surface area (Å²) in [6.45, 7) is 23.1. The normalized spacial score (nSPS) is 12.8. The van der Waals surface area contributed by atoms with Crippen molar-refractivity contribution in [1.82, 2.24) is 14.5 Å². The summed E-state index contributed by atoms with van der Waals surface area (Å²) in [6, 6.07) is 13.3. The number of fused-ring (bicyclic) bond motifs is 1. The van der Waals surface area contributed by atoms with Crippen LogP contribution in [-0.2, 0) is 22.3 Å². The van der Waals surface area contributed by atoms with Crippen LogP contribution in [0.5, 0.6) is 0 Å². The second kappa shape index (κ2) is 13.9. The van der Waals surface area contributed by atoms with Gasteiger partial charge < -0.3 is 23.9 Å². The summed E-state index contributed by atoms with van der Waals surface area (Å²) in [5.41, 5.74) is 12.5. The van der Waals surface area contributed by atoms with Crippen molar-refractivity contribution in [1.29, 1.82) is 0 Å². The quantitative estimate of drug-likeness (QED) is 0.105. The molecule has 0 aliphatic carbocycles. The number of nitrogens with two attached hydrogens (primary N) is 1. The molecule has 0 aliphatic heterocycles. The zero-order chi connectivity index (χ0) is 31.4. The van der Waals surface area contributed by atoms with Gasteiger partial charge >= 0.3 is 0 Å². The molecule has 43 heavy (non-hydrogen) atoms. The zero-order valence-electron chi connectivity index (χ0n) is 27.7. The minimum Gasteiger partial charge on any atom is -0.464 e. The zero-order valence-corrected chi connectivity index (χ0v) is 29.7. The van der Waals surface area contributed by atoms with E-state index in [1.165, 1.54) is 0 Å². The number of ether oxygens (including phenoxy) is 1. The second-order valence-corrected chi connectivity index (χ2v) is 25.0. The molecule has 0 fully saturated rings. The van der Waals surface area contributed by atoms with Crippen molar-refractivity contribution in [2.75, 3.05) is 18.9 Å². The summed E-state index contributed by atoms with van der Waals surface area (Å²) < 4.78 is 21.3. The number of aromatic nitrogens is 3. The third-order valence-electron chi connectivity index (χ3n) is 8.65. The third kappa shape index (κ3) is 7.68. The molecule has 0 bridgehead atoms. The van der Waals surface area contributed by atoms with E-state index in [9.17, 15) is 0 Å². The van der Waals surface area contributed by atoms with Crippen molar-refractivity contribution < 1.29 is 13.6 Å². The van der Waals surface area contributed by atoms with E-state index >= 15 is 0 Å². The standard InChI is InChI=1S/C34H52N4O3Si2/c1-24(2)43(25(3)4,26(5)6)41-17-10-11-32-37-33(28-13-12-27-15-18-40-30(27)21-28)34(29-14-16-36-31(35)22-29)38(32)23-39-19-20-42(7,8)9/h12-16,18,21-22,24-26H,10-11,17,19-20,23H2,1-9H3,(H2,35,36). The lowest BCUT2D eigenvalue weighted by Gasteiger charge is -2.42. The molecule has 0 unspecified atom stereocenters. The monoisotopic (exact) mass is 620 g/mol. The number of pyridine rings is 1. The molecule has 0 saturated heterocycles. The Balaban J connectivity index is 1.72. The first-order chi connectivity index (χ1) is 20.3. The fourth-order valence-corrected chi connectivity index (χ4v) is 12.8. The molecule has 0 radical (unpaired) electrons. The Morgan fingerprint density at radius 1 is 0.907 bits per heavy atom. The largest absolute Gasteiger partial charge is 0.464 e. The van der Waals surface area contributed by atoms with Crippen molar-refractivity contribution in [3.05, 3.63) is 54.7 Å². The van der Waals surface area contributed by atoms with E-state index < -0.39 is 16.4 Å². The summed E-state index contributed by atoms with van der Waals surface area (Å²) in [5.74, 6) is 1.46. The van der Waals surface area contributed by atoms with Crippen LogP contribution in [0.1, 0.15) is 53.8 Å². The molecular weight excluding hydrogens is 569 g/mol. The molecule has 0 amide bonds. The molecule has 3 aromatic heterocycles. The van der Waals surface area contributed by atoms with E-state index in [2.05, 4.69) is 88.9 Å². The number of hydrogen-bond donors (Lipinski definition) is 1. The molecule has 9 heteroatoms. The van der Waals surface area contributed by atoms with Crippen molar-refractivity contribution in [3.8, 4) is 22.5 Å². The van der Waals surface area contributed by atoms with Gasteiger partial charge in [-0.25, -0.2) is 9.97 Å². The number of furan rings is 1. The number of imidazole rings is 1. The molecule has 234 valence electrons. The third-order valence-corrected chi connectivity index (χ3v) is 16.5. The van der Waals surface area contributed by atoms with E-state index in [1.807, 2.05) is 18.2 Å². The smallest absolute Gasteiger partial charge is 0.200 e. The van der Waals surface area contributed by atoms with E-state index in [1.54, 1.807) is 12.5 Å². The van der Waals surface area contributed by atoms with Gasteiger partial charge in [0.05, 0.1) is 17.7 Å². The summed E-state index contributed by atoms with van der Waals surface area (Å²) in [7, 11) is -3.17. The number of anilines is 1. The summed E-state index contributed by atoms with van der Waals surface area (Å²) in [6.07, 6.45) is 5.16. The van der Waals surface area contributed by atoms with Crippen LogP contribution < -0.4 is 5.73 Å². The van der Waals surface area contributed by atoms with Gasteiger partial charge in [0, 0.05) is 50.4 Å². The number of benzene rings is 1. The Bertz CT molecular complexity index is 1460. The van der Waals surface area contributed by atoms with Crippen LogP contribution in [0.4, 0.5) is 5.82 Å². The topological polar surface area (TPSA) is 88.3 Å². The van der Waals surface area contributed by atoms with E-state index in [0.717, 1.165) is 71.4 Å². The maximum atomic E-state index is 6.91. The van der Waals surface area contributed by atoms with Gasteiger partial charge in [0.1, 0.15) is 24.0 Å². The molecule has 0 spiro atoms. The van der Waals surface area contributed by atoms with Gasteiger partial charge in [-0.1, -0.05) is 73.3 Å². The van der Waals surface area contributed by atoms with Gasteiger partial charge in [-0.15, -0.1) is 0 Å². The lowest BCUT2D eigenvalue weighted by molar-refractivity contribution is 0.0860. The summed E-state index contributed by atoms with van der Waals surface area (Å²) in [5, 5.41) is 1.07. The lowest BCUT2D eigenvalue weighted by atomic mass is 10.0. The Labute approximate surface area is 260 Å². The fourth-order valence-electron chi connectivity index (χ4n) is 6.53. The molecule has 0 atom stereocenters. The van der Waals surface area contributed by atoms with Gasteiger partial charge in [0.25, 0.3) is 0 Å². The first-order valence-corrected chi connectivity index (χ1v) is 21.7. The minimum atomic E-state index is -1.94. The van der Waals surface area contributed by atoms with Crippen LogP contribution in [0.3, 0.4) is 0 Å². The first kappa shape index (κ1) is 33.2. The minimum absolute atomic E-state index is 0.427. The van der Waals surface area contributed by atoms with Gasteiger partial charge in [-0.3, -0.25) is 0 Å². The van der Waals surface area contributed by atoms with Crippen LogP contribution in [0.15, 0.2) is 53.3 Å². The maximum Gasteiger partial charge on any atom is 0.200 e. The SMILES string of the molecule is CC(C)[Si](OCCCc1nc(-c2ccc3ccoc3c2)c(-c2ccnc(N)c2)n1COCC[Si](C)(C)C)(C(C)C)C(C)C. The Morgan fingerprint density at radius 2 is 1.63 bits per heavy atom. The molecule has 0 aliphatic rings. The molecular formula is C34H52N4O3Si2. The van der Waals surface area contributed by atoms with Crippen molar-refractivity contribution >= 4 is 33.2 Å². The van der Waals surface area contributed by atoms with Crippen molar-refractivity contribution in [3.63, 3.8) is 0 Å². The average Bonchev–Trinajstić information content (AvgIpc) is 3.54. The summed E-state index contributed by atoms with van der Waals surface area (Å²) >= 11 is 0. The van der Waals surface area contributed by atoms with Gasteiger partial charge in [-0.2, -0.15) is 0 Å². The number of hydrogen-bond acceptors (Lipinski definition) is 6. The number of rotatable bonds is 15. The highest BCUT2D eigenvalue weighted by Gasteiger charge is 2.44. The van der Waals surface area contributed by atoms with Crippen LogP contribution in [0.25, 0.3) is 33.5 Å². The van der Waals surface area contributed by atoms with Gasteiger partial charge in [0.15, 0.2) is 8.32 Å². The molecule has 0 saturated carbocycles. The maximum absolute atomic E-state index is 6.91. The van der Waals surface area contributed by atoms with Crippen molar-refractivity contribution in [2.24, 2.45) is 0 Å². The molecule has 2 N–H and O–H groups in total. The van der Waals surface area contributed by atoms with Gasteiger partial charge in [0.2, 0.25) is 0 Å². The Kier molecular flexibility index (Phi) is 10.7. The predicted octanol–water partition coefficient (Wildman–Crippen LogP) is 9.38. The number of nitrogens with zero attached hydrogens (tertiary/aromatic N) is 3. The van der Waals surface area contributed by atoms with Crippen molar-refractivity contribution in [2.45, 2.75) is 103 Å². The summed E-state index contributed by atoms with van der Waals surface area (Å²) in [4.78, 5) is 9.55. The van der Waals surface area contributed by atoms with Crippen LogP contribution >= 0.6 is 0 Å². The Morgan fingerprint density at radius 3 is 2.28 bits per heavy atom. The van der Waals surface area contributed by atoms with E-state index in [0.29, 0.717) is 29.2 Å². The average molecular weight is 621 g/mol. The highest BCUT2D eigenvalue weighted by Crippen LogP contribution is 2.42.